The fourth-order valence-electron chi connectivity index (χ4n) is 3.05. The smallest absolute Gasteiger partial charge is 0.339 e. The van der Waals surface area contributed by atoms with E-state index < -0.39 is 10.1 Å². The van der Waals surface area contributed by atoms with E-state index in [1.807, 2.05) is 24.3 Å². The van der Waals surface area contributed by atoms with Gasteiger partial charge in [0.25, 0.3) is 0 Å². The minimum atomic E-state index is -4.11. The van der Waals surface area contributed by atoms with E-state index in [1.54, 1.807) is 24.3 Å². The number of imidazole rings is 1. The van der Waals surface area contributed by atoms with Crippen LogP contribution in [0.15, 0.2) is 71.6 Å². The molecule has 32 heavy (non-hydrogen) atoms. The van der Waals surface area contributed by atoms with Gasteiger partial charge in [0, 0.05) is 0 Å². The zero-order chi connectivity index (χ0) is 22.7. The number of hydrogen-bond donors (Lipinski definition) is 1. The van der Waals surface area contributed by atoms with Crippen LogP contribution in [-0.2, 0) is 10.1 Å². The molecule has 0 amide bonds. The highest BCUT2D eigenvalue weighted by molar-refractivity contribution is 7.87. The largest absolute Gasteiger partial charge is 0.493 e. The Morgan fingerprint density at radius 3 is 2.53 bits per heavy atom. The Labute approximate surface area is 189 Å². The fourth-order valence-corrected chi connectivity index (χ4v) is 4.33. The number of benzene rings is 3. The summed E-state index contributed by atoms with van der Waals surface area (Å²) in [5, 5.41) is 9.66. The molecule has 3 aromatic carbocycles. The Hall–Kier alpha value is -3.80. The molecule has 0 aliphatic rings. The third-order valence-electron chi connectivity index (χ3n) is 4.55. The molecule has 1 N–H and O–H groups in total. The fraction of sp³-hybridized carbons (Fsp3) is 0.0435. The minimum absolute atomic E-state index is 0.0111. The van der Waals surface area contributed by atoms with E-state index in [9.17, 15) is 13.7 Å². The van der Waals surface area contributed by atoms with Crippen molar-refractivity contribution in [2.24, 2.45) is 0 Å². The van der Waals surface area contributed by atoms with Crippen LogP contribution in [-0.4, -0.2) is 25.5 Å². The maximum atomic E-state index is 12.6. The number of hydrogen-bond acceptors (Lipinski definition) is 6. The molecule has 0 aliphatic carbocycles. The Morgan fingerprint density at radius 1 is 1.12 bits per heavy atom. The summed E-state index contributed by atoms with van der Waals surface area (Å²) in [5.41, 5.74) is 2.31. The molecule has 0 radical (unpaired) electrons. The maximum absolute atomic E-state index is 12.6. The number of para-hydroxylation sites is 2. The second kappa shape index (κ2) is 8.75. The standard InChI is InChI=1S/C23H16ClN3O4S/c1-30-21-13-15(11-16(14-25)23-26-19-9-5-6-10-20(19)27-23)12-18(24)22(21)31-32(28,29)17-7-3-2-4-8-17/h2-13H,1H3,(H,26,27)/b16-11+. The molecule has 4 aromatic rings. The predicted molar refractivity (Wildman–Crippen MR) is 122 cm³/mol. The van der Waals surface area contributed by atoms with E-state index in [4.69, 9.17) is 20.5 Å². The molecule has 0 saturated carbocycles. The van der Waals surface area contributed by atoms with Crippen molar-refractivity contribution in [2.75, 3.05) is 7.11 Å². The Morgan fingerprint density at radius 2 is 1.84 bits per heavy atom. The van der Waals surface area contributed by atoms with Crippen LogP contribution in [0.1, 0.15) is 11.4 Å². The van der Waals surface area contributed by atoms with Crippen molar-refractivity contribution in [3.63, 3.8) is 0 Å². The van der Waals surface area contributed by atoms with Crippen molar-refractivity contribution in [2.45, 2.75) is 4.90 Å². The summed E-state index contributed by atoms with van der Waals surface area (Å²) in [6.07, 6.45) is 1.57. The van der Waals surface area contributed by atoms with E-state index in [1.165, 1.54) is 31.4 Å². The van der Waals surface area contributed by atoms with Gasteiger partial charge in [-0.1, -0.05) is 41.9 Å². The number of nitriles is 1. The van der Waals surface area contributed by atoms with Crippen LogP contribution in [0.2, 0.25) is 5.02 Å². The molecule has 7 nitrogen and oxygen atoms in total. The van der Waals surface area contributed by atoms with Crippen LogP contribution in [0.3, 0.4) is 0 Å². The number of nitrogens with one attached hydrogen (secondary N) is 1. The summed E-state index contributed by atoms with van der Waals surface area (Å²) in [5.74, 6) is 0.360. The maximum Gasteiger partial charge on any atom is 0.339 e. The molecule has 0 saturated heterocycles. The van der Waals surface area contributed by atoms with Gasteiger partial charge in [-0.2, -0.15) is 13.7 Å². The average molecular weight is 466 g/mol. The lowest BCUT2D eigenvalue weighted by atomic mass is 10.1. The number of ether oxygens (including phenoxy) is 1. The van der Waals surface area contributed by atoms with Gasteiger partial charge < -0.3 is 13.9 Å². The number of aromatic nitrogens is 2. The lowest BCUT2D eigenvalue weighted by Crippen LogP contribution is -2.10. The third kappa shape index (κ3) is 4.30. The monoisotopic (exact) mass is 465 g/mol. The topological polar surface area (TPSA) is 105 Å². The first-order chi connectivity index (χ1) is 15.4. The average Bonchev–Trinajstić information content (AvgIpc) is 3.23. The first kappa shape index (κ1) is 21.4. The summed E-state index contributed by atoms with van der Waals surface area (Å²) in [6.45, 7) is 0. The molecule has 9 heteroatoms. The molecule has 4 rings (SSSR count). The van der Waals surface area contributed by atoms with Gasteiger partial charge in [0.15, 0.2) is 5.75 Å². The van der Waals surface area contributed by atoms with Crippen LogP contribution >= 0.6 is 11.6 Å². The zero-order valence-electron chi connectivity index (χ0n) is 16.7. The molecule has 0 aliphatic heterocycles. The van der Waals surface area contributed by atoms with Crippen molar-refractivity contribution in [3.05, 3.63) is 83.1 Å². The molecule has 1 heterocycles. The van der Waals surface area contributed by atoms with Gasteiger partial charge >= 0.3 is 10.1 Å². The van der Waals surface area contributed by atoms with Crippen LogP contribution < -0.4 is 8.92 Å². The first-order valence-electron chi connectivity index (χ1n) is 9.35. The Balaban J connectivity index is 1.72. The second-order valence-corrected chi connectivity index (χ2v) is 8.61. The minimum Gasteiger partial charge on any atom is -0.493 e. The molecule has 0 atom stereocenters. The van der Waals surface area contributed by atoms with E-state index in [0.717, 1.165) is 11.0 Å². The lowest BCUT2D eigenvalue weighted by Gasteiger charge is -2.13. The highest BCUT2D eigenvalue weighted by Crippen LogP contribution is 2.39. The number of fused-ring (bicyclic) bond motifs is 1. The number of halogens is 1. The van der Waals surface area contributed by atoms with Gasteiger partial charge in [0.05, 0.1) is 28.7 Å². The number of methoxy groups -OCH3 is 1. The van der Waals surface area contributed by atoms with Crippen LogP contribution in [0, 0.1) is 11.3 Å². The number of nitrogens with zero attached hydrogens (tertiary/aromatic N) is 2. The predicted octanol–water partition coefficient (Wildman–Crippen LogP) is 5.06. The van der Waals surface area contributed by atoms with E-state index in [0.29, 0.717) is 11.4 Å². The summed E-state index contributed by atoms with van der Waals surface area (Å²) in [7, 11) is -2.75. The SMILES string of the molecule is COc1cc(/C=C(\C#N)c2nc3ccccc3[nH]2)cc(Cl)c1OS(=O)(=O)c1ccccc1. The molecule has 0 bridgehead atoms. The molecule has 0 fully saturated rings. The van der Waals surface area contributed by atoms with Gasteiger partial charge in [-0.25, -0.2) is 4.98 Å². The van der Waals surface area contributed by atoms with Gasteiger partial charge in [-0.15, -0.1) is 0 Å². The van der Waals surface area contributed by atoms with Crippen LogP contribution in [0.4, 0.5) is 0 Å². The number of allylic oxidation sites excluding steroid dienone is 1. The zero-order valence-corrected chi connectivity index (χ0v) is 18.3. The summed E-state index contributed by atoms with van der Waals surface area (Å²) in [4.78, 5) is 7.52. The van der Waals surface area contributed by atoms with Crippen molar-refractivity contribution in [1.82, 2.24) is 9.97 Å². The van der Waals surface area contributed by atoms with Gasteiger partial charge in [0.1, 0.15) is 16.8 Å². The highest BCUT2D eigenvalue weighted by atomic mass is 35.5. The highest BCUT2D eigenvalue weighted by Gasteiger charge is 2.22. The summed E-state index contributed by atoms with van der Waals surface area (Å²) in [6, 6.07) is 20.3. The van der Waals surface area contributed by atoms with Gasteiger partial charge in [-0.3, -0.25) is 0 Å². The second-order valence-electron chi connectivity index (χ2n) is 6.66. The van der Waals surface area contributed by atoms with Crippen molar-refractivity contribution in [1.29, 1.82) is 5.26 Å². The van der Waals surface area contributed by atoms with Gasteiger partial charge in [-0.05, 0) is 48.0 Å². The Kier molecular flexibility index (Phi) is 5.86. The van der Waals surface area contributed by atoms with Gasteiger partial charge in [0.2, 0.25) is 5.75 Å². The number of rotatable bonds is 6. The third-order valence-corrected chi connectivity index (χ3v) is 6.07. The Bertz CT molecular complexity index is 1440. The van der Waals surface area contributed by atoms with E-state index in [-0.39, 0.29) is 27.0 Å². The quantitative estimate of drug-likeness (QED) is 0.315. The molecular weight excluding hydrogens is 450 g/mol. The van der Waals surface area contributed by atoms with Crippen molar-refractivity contribution < 1.29 is 17.3 Å². The van der Waals surface area contributed by atoms with E-state index in [2.05, 4.69) is 16.0 Å². The van der Waals surface area contributed by atoms with E-state index >= 15 is 0 Å². The van der Waals surface area contributed by atoms with Crippen LogP contribution in [0.5, 0.6) is 11.5 Å². The first-order valence-corrected chi connectivity index (χ1v) is 11.1. The number of H-pyrrole nitrogens is 1. The summed E-state index contributed by atoms with van der Waals surface area (Å²) >= 11 is 6.34. The lowest BCUT2D eigenvalue weighted by molar-refractivity contribution is 0.390. The van der Waals surface area contributed by atoms with Crippen molar-refractivity contribution >= 4 is 44.4 Å². The van der Waals surface area contributed by atoms with Crippen LogP contribution in [0.25, 0.3) is 22.7 Å². The van der Waals surface area contributed by atoms with Crippen molar-refractivity contribution in [3.8, 4) is 17.6 Å². The molecular formula is C23H16ClN3O4S. The molecule has 1 aromatic heterocycles. The number of aromatic amines is 1. The molecule has 0 unspecified atom stereocenters. The molecule has 160 valence electrons. The normalized spacial score (nSPS) is 11.8. The summed E-state index contributed by atoms with van der Waals surface area (Å²) < 4.78 is 35.8. The molecule has 0 spiro atoms.